The van der Waals surface area contributed by atoms with Crippen molar-refractivity contribution in [2.45, 2.75) is 84.8 Å². The molecule has 5 nitrogen and oxygen atoms in total. The van der Waals surface area contributed by atoms with E-state index in [9.17, 15) is 4.79 Å². The van der Waals surface area contributed by atoms with Crippen LogP contribution < -0.4 is 5.32 Å². The molecule has 0 radical (unpaired) electrons. The van der Waals surface area contributed by atoms with Crippen LogP contribution in [0.1, 0.15) is 94.4 Å². The van der Waals surface area contributed by atoms with Crippen LogP contribution in [0.4, 0.5) is 4.79 Å². The number of benzene rings is 1. The predicted octanol–water partition coefficient (Wildman–Crippen LogP) is 5.70. The molecule has 32 heavy (non-hydrogen) atoms. The van der Waals surface area contributed by atoms with E-state index in [0.717, 1.165) is 25.9 Å². The second-order valence-corrected chi connectivity index (χ2v) is 10.7. The van der Waals surface area contributed by atoms with E-state index in [0.29, 0.717) is 18.4 Å². The van der Waals surface area contributed by atoms with Crippen molar-refractivity contribution in [1.82, 2.24) is 14.8 Å². The third-order valence-electron chi connectivity index (χ3n) is 6.81. The van der Waals surface area contributed by atoms with Gasteiger partial charge in [-0.2, -0.15) is 0 Å². The van der Waals surface area contributed by atoms with Crippen LogP contribution in [0.5, 0.6) is 0 Å². The first kappa shape index (κ1) is 22.9. The van der Waals surface area contributed by atoms with Gasteiger partial charge < -0.3 is 14.6 Å². The van der Waals surface area contributed by atoms with E-state index in [2.05, 4.69) is 61.8 Å². The van der Waals surface area contributed by atoms with Gasteiger partial charge in [-0.1, -0.05) is 39.8 Å². The Balaban J connectivity index is 1.84. The molecule has 2 unspecified atom stereocenters. The summed E-state index contributed by atoms with van der Waals surface area (Å²) in [5.41, 5.74) is 7.64. The molecule has 1 amide bonds. The quantitative estimate of drug-likeness (QED) is 0.670. The third kappa shape index (κ3) is 4.07. The zero-order valence-electron chi connectivity index (χ0n) is 20.8. The van der Waals surface area contributed by atoms with Crippen molar-refractivity contribution in [2.24, 2.45) is 0 Å². The Morgan fingerprint density at radius 2 is 1.84 bits per heavy atom. The van der Waals surface area contributed by atoms with E-state index >= 15 is 0 Å². The van der Waals surface area contributed by atoms with Gasteiger partial charge in [-0.05, 0) is 62.3 Å². The van der Waals surface area contributed by atoms with Gasteiger partial charge in [0.2, 0.25) is 0 Å². The second kappa shape index (κ2) is 8.58. The number of nitrogens with zero attached hydrogens (tertiary/aromatic N) is 2. The van der Waals surface area contributed by atoms with Gasteiger partial charge in [0, 0.05) is 48.7 Å². The summed E-state index contributed by atoms with van der Waals surface area (Å²) < 4.78 is 8.29. The Labute approximate surface area is 193 Å². The lowest BCUT2D eigenvalue weighted by molar-refractivity contribution is 0.0142. The van der Waals surface area contributed by atoms with Crippen LogP contribution in [0, 0.1) is 0 Å². The highest BCUT2D eigenvalue weighted by Crippen LogP contribution is 2.43. The van der Waals surface area contributed by atoms with Crippen LogP contribution in [0.3, 0.4) is 0 Å². The highest BCUT2D eigenvalue weighted by Gasteiger charge is 2.41. The van der Waals surface area contributed by atoms with Crippen molar-refractivity contribution in [2.75, 3.05) is 19.6 Å². The Bertz CT molecular complexity index is 982. The van der Waals surface area contributed by atoms with Gasteiger partial charge in [-0.15, -0.1) is 0 Å². The standard InChI is InChI=1S/C27H39N3O2/c1-8-21-24-18(4)15-28-16-23-25(24)22(13-14-29(23)26(31)32-27(5,6)7)30(21)20-11-9-19(10-12-20)17(2)3/h9-12,17-18,23,28H,8,13-16H2,1-7H3. The summed E-state index contributed by atoms with van der Waals surface area (Å²) in [5, 5.41) is 3.61. The topological polar surface area (TPSA) is 46.5 Å². The molecule has 0 spiro atoms. The second-order valence-electron chi connectivity index (χ2n) is 10.7. The maximum Gasteiger partial charge on any atom is 0.410 e. The van der Waals surface area contributed by atoms with Crippen molar-refractivity contribution in [3.8, 4) is 5.69 Å². The minimum absolute atomic E-state index is 0.00929. The molecule has 2 aromatic rings. The summed E-state index contributed by atoms with van der Waals surface area (Å²) in [5.74, 6) is 0.922. The van der Waals surface area contributed by atoms with Crippen LogP contribution in [0.15, 0.2) is 24.3 Å². The average molecular weight is 438 g/mol. The predicted molar refractivity (Wildman–Crippen MR) is 130 cm³/mol. The number of rotatable bonds is 3. The largest absolute Gasteiger partial charge is 0.444 e. The molecule has 0 bridgehead atoms. The van der Waals surface area contributed by atoms with Crippen LogP contribution in [-0.2, 0) is 17.6 Å². The molecule has 5 heteroatoms. The Morgan fingerprint density at radius 1 is 1.16 bits per heavy atom. The zero-order chi connectivity index (χ0) is 23.2. The molecule has 2 atom stereocenters. The molecule has 174 valence electrons. The van der Waals surface area contributed by atoms with Gasteiger partial charge in [-0.25, -0.2) is 4.79 Å². The maximum atomic E-state index is 13.1. The number of aromatic nitrogens is 1. The van der Waals surface area contributed by atoms with E-state index in [1.165, 1.54) is 33.8 Å². The van der Waals surface area contributed by atoms with Crippen LogP contribution in [0.2, 0.25) is 0 Å². The Kier molecular flexibility index (Phi) is 6.15. The summed E-state index contributed by atoms with van der Waals surface area (Å²) in [6.45, 7) is 17.2. The van der Waals surface area contributed by atoms with Crippen LogP contribution >= 0.6 is 0 Å². The summed E-state index contributed by atoms with van der Waals surface area (Å²) in [6.07, 6.45) is 1.61. The zero-order valence-corrected chi connectivity index (χ0v) is 20.8. The lowest BCUT2D eigenvalue weighted by atomic mass is 9.90. The summed E-state index contributed by atoms with van der Waals surface area (Å²) >= 11 is 0. The molecule has 0 saturated carbocycles. The maximum absolute atomic E-state index is 13.1. The summed E-state index contributed by atoms with van der Waals surface area (Å²) in [6, 6.07) is 9.06. The molecule has 1 aromatic carbocycles. The Hall–Kier alpha value is -2.27. The SMILES string of the molecule is CCc1c2c3c(n1-c1ccc(C(C)C)cc1)CCN(C(=O)OC(C)(C)C)C3CNCC2C. The fourth-order valence-electron chi connectivity index (χ4n) is 5.38. The molecule has 2 aliphatic rings. The summed E-state index contributed by atoms with van der Waals surface area (Å²) in [4.78, 5) is 15.1. The van der Waals surface area contributed by atoms with Gasteiger partial charge in [0.15, 0.2) is 0 Å². The lowest BCUT2D eigenvalue weighted by Crippen LogP contribution is -2.46. The first-order valence-electron chi connectivity index (χ1n) is 12.2. The lowest BCUT2D eigenvalue weighted by Gasteiger charge is -2.37. The van der Waals surface area contributed by atoms with Gasteiger partial charge in [0.05, 0.1) is 6.04 Å². The normalized spacial score (nSPS) is 20.8. The smallest absolute Gasteiger partial charge is 0.410 e. The number of amides is 1. The van der Waals surface area contributed by atoms with Gasteiger partial charge in [0.1, 0.15) is 5.60 Å². The first-order chi connectivity index (χ1) is 15.1. The molecule has 3 heterocycles. The molecule has 2 aliphatic heterocycles. The number of carbonyl (C=O) groups excluding carboxylic acids is 1. The number of hydrogen-bond donors (Lipinski definition) is 1. The molecule has 0 fully saturated rings. The fourth-order valence-corrected chi connectivity index (χ4v) is 5.38. The third-order valence-corrected chi connectivity index (χ3v) is 6.81. The molecular weight excluding hydrogens is 398 g/mol. The van der Waals surface area contributed by atoms with Crippen LogP contribution in [-0.4, -0.2) is 40.8 Å². The van der Waals surface area contributed by atoms with Crippen molar-refractivity contribution in [1.29, 1.82) is 0 Å². The first-order valence-corrected chi connectivity index (χ1v) is 12.2. The minimum atomic E-state index is -0.496. The van der Waals surface area contributed by atoms with E-state index < -0.39 is 5.60 Å². The molecule has 0 aliphatic carbocycles. The van der Waals surface area contributed by atoms with Gasteiger partial charge in [0.25, 0.3) is 0 Å². The molecule has 4 rings (SSSR count). The number of nitrogens with one attached hydrogen (secondary N) is 1. The highest BCUT2D eigenvalue weighted by molar-refractivity contribution is 5.70. The van der Waals surface area contributed by atoms with Crippen molar-refractivity contribution in [3.63, 3.8) is 0 Å². The summed E-state index contributed by atoms with van der Waals surface area (Å²) in [7, 11) is 0. The number of carbonyl (C=O) groups is 1. The minimum Gasteiger partial charge on any atom is -0.444 e. The average Bonchev–Trinajstić information content (AvgIpc) is 2.96. The van der Waals surface area contributed by atoms with Crippen LogP contribution in [0.25, 0.3) is 5.69 Å². The van der Waals surface area contributed by atoms with E-state index in [1.807, 2.05) is 25.7 Å². The monoisotopic (exact) mass is 437 g/mol. The number of hydrogen-bond acceptors (Lipinski definition) is 3. The number of ether oxygens (including phenoxy) is 1. The van der Waals surface area contributed by atoms with Crippen molar-refractivity contribution >= 4 is 6.09 Å². The molecular formula is C27H39N3O2. The van der Waals surface area contributed by atoms with E-state index in [1.54, 1.807) is 0 Å². The van der Waals surface area contributed by atoms with E-state index in [4.69, 9.17) is 4.74 Å². The Morgan fingerprint density at radius 3 is 2.44 bits per heavy atom. The highest BCUT2D eigenvalue weighted by atomic mass is 16.6. The van der Waals surface area contributed by atoms with Crippen molar-refractivity contribution in [3.05, 3.63) is 52.3 Å². The van der Waals surface area contributed by atoms with Gasteiger partial charge in [-0.3, -0.25) is 4.90 Å². The molecule has 1 N–H and O–H groups in total. The van der Waals surface area contributed by atoms with Crippen molar-refractivity contribution < 1.29 is 9.53 Å². The van der Waals surface area contributed by atoms with E-state index in [-0.39, 0.29) is 12.1 Å². The molecule has 0 saturated heterocycles. The van der Waals surface area contributed by atoms with Gasteiger partial charge >= 0.3 is 6.09 Å². The molecule has 1 aromatic heterocycles. The fraction of sp³-hybridized carbons (Fsp3) is 0.593.